The summed E-state index contributed by atoms with van der Waals surface area (Å²) >= 11 is 1.37. The van der Waals surface area contributed by atoms with E-state index in [1.54, 1.807) is 0 Å². The highest BCUT2D eigenvalue weighted by Crippen LogP contribution is 2.36. The normalized spacial score (nSPS) is 10.6. The smallest absolute Gasteiger partial charge is 0.207 e. The topological polar surface area (TPSA) is 97.2 Å². The van der Waals surface area contributed by atoms with E-state index in [9.17, 15) is 0 Å². The average molecular weight is 387 g/mol. The van der Waals surface area contributed by atoms with Crippen molar-refractivity contribution in [3.8, 4) is 12.3 Å². The molecule has 0 atom stereocenters. The van der Waals surface area contributed by atoms with E-state index >= 15 is 0 Å². The Morgan fingerprint density at radius 3 is 2.54 bits per heavy atom. The zero-order chi connectivity index (χ0) is 19.7. The third kappa shape index (κ3) is 3.25. The minimum Gasteiger partial charge on any atom is -0.261 e. The molecule has 2 heterocycles. The van der Waals surface area contributed by atoms with Crippen molar-refractivity contribution in [2.75, 3.05) is 10.0 Å². The fourth-order valence-electron chi connectivity index (χ4n) is 2.69. The van der Waals surface area contributed by atoms with Gasteiger partial charge in [0.15, 0.2) is 11.5 Å². The lowest BCUT2D eigenvalue weighted by Gasteiger charge is -2.18. The van der Waals surface area contributed by atoms with Gasteiger partial charge < -0.3 is 0 Å². The molecule has 8 heteroatoms. The van der Waals surface area contributed by atoms with Crippen molar-refractivity contribution in [2.24, 2.45) is 11.7 Å². The van der Waals surface area contributed by atoms with Crippen LogP contribution in [0, 0.1) is 19.3 Å². The van der Waals surface area contributed by atoms with Crippen LogP contribution in [0.3, 0.4) is 0 Å². The number of thiazole rings is 1. The zero-order valence-corrected chi connectivity index (χ0v) is 15.9. The predicted octanol–water partition coefficient (Wildman–Crippen LogP) is 3.40. The number of anilines is 4. The van der Waals surface area contributed by atoms with E-state index in [2.05, 4.69) is 20.9 Å². The molecule has 0 aliphatic rings. The summed E-state index contributed by atoms with van der Waals surface area (Å²) < 4.78 is 0.730. The Hall–Kier alpha value is -3.51. The molecule has 0 unspecified atom stereocenters. The van der Waals surface area contributed by atoms with E-state index in [0.29, 0.717) is 22.3 Å². The molecule has 138 valence electrons. The number of aromatic nitrogens is 3. The lowest BCUT2D eigenvalue weighted by molar-refractivity contribution is 1.03. The summed E-state index contributed by atoms with van der Waals surface area (Å²) in [6, 6.07) is 15.2. The Morgan fingerprint density at radius 1 is 1.00 bits per heavy atom. The van der Waals surface area contributed by atoms with Gasteiger partial charge in [-0.15, -0.1) is 6.42 Å². The van der Waals surface area contributed by atoms with Gasteiger partial charge in [0.2, 0.25) is 5.13 Å². The summed E-state index contributed by atoms with van der Waals surface area (Å²) in [5, 5.41) is 3.58. The molecule has 4 aromatic rings. The maximum Gasteiger partial charge on any atom is 0.207 e. The van der Waals surface area contributed by atoms with Gasteiger partial charge in [0.05, 0.1) is 11.4 Å². The van der Waals surface area contributed by atoms with Gasteiger partial charge >= 0.3 is 0 Å². The van der Waals surface area contributed by atoms with E-state index in [4.69, 9.17) is 18.1 Å². The van der Waals surface area contributed by atoms with Crippen LogP contribution in [-0.2, 0) is 0 Å². The molecule has 0 fully saturated rings. The van der Waals surface area contributed by atoms with Crippen LogP contribution < -0.4 is 21.7 Å². The molecular weight excluding hydrogens is 370 g/mol. The highest BCUT2D eigenvalue weighted by molar-refractivity contribution is 7.22. The monoisotopic (exact) mass is 387 g/mol. The molecule has 0 amide bonds. The molecule has 0 saturated heterocycles. The van der Waals surface area contributed by atoms with Crippen LogP contribution in [0.4, 0.5) is 22.3 Å². The maximum absolute atomic E-state index is 6.33. The summed E-state index contributed by atoms with van der Waals surface area (Å²) in [6.07, 6.45) is 6.92. The Balaban J connectivity index is 1.74. The summed E-state index contributed by atoms with van der Waals surface area (Å²) in [6.45, 7) is 2.02. The van der Waals surface area contributed by atoms with E-state index in [1.165, 1.54) is 27.7 Å². The number of hydrogen-bond acceptors (Lipinski definition) is 8. The summed E-state index contributed by atoms with van der Waals surface area (Å²) in [7, 11) is 0. The number of hydrazine groups is 2. The van der Waals surface area contributed by atoms with E-state index < -0.39 is 0 Å². The number of hydrogen-bond donors (Lipinski definition) is 2. The van der Waals surface area contributed by atoms with Crippen molar-refractivity contribution in [3.05, 3.63) is 66.0 Å². The molecule has 28 heavy (non-hydrogen) atoms. The van der Waals surface area contributed by atoms with Crippen molar-refractivity contribution >= 4 is 44.0 Å². The van der Waals surface area contributed by atoms with Crippen LogP contribution in [0.1, 0.15) is 11.1 Å². The zero-order valence-electron chi connectivity index (χ0n) is 15.1. The minimum absolute atomic E-state index is 0.524. The molecule has 0 saturated carbocycles. The standard InChI is InChI=1S/C20H17N7S/c1-3-14-5-4-6-16(11-14)26(21)19-17-18(23-12-24-19)25-20(28-17)27(22)15-9-7-13(2)8-10-15/h1,4-12H,21-22H2,2H3. The lowest BCUT2D eigenvalue weighted by atomic mass is 10.2. The SMILES string of the molecule is C#Cc1cccc(N(N)c2ncnc3nc(N(N)c4ccc(C)cc4)sc23)c1. The van der Waals surface area contributed by atoms with E-state index in [1.807, 2.05) is 55.5 Å². The first kappa shape index (κ1) is 17.9. The van der Waals surface area contributed by atoms with Crippen molar-refractivity contribution in [1.82, 2.24) is 15.0 Å². The quantitative estimate of drug-likeness (QED) is 0.315. The minimum atomic E-state index is 0.524. The number of terminal acetylenes is 1. The van der Waals surface area contributed by atoms with Crippen LogP contribution in [-0.4, -0.2) is 15.0 Å². The molecule has 2 aromatic heterocycles. The van der Waals surface area contributed by atoms with Gasteiger partial charge in [-0.3, -0.25) is 10.0 Å². The molecule has 0 radical (unpaired) electrons. The number of nitrogens with zero attached hydrogens (tertiary/aromatic N) is 5. The van der Waals surface area contributed by atoms with Crippen LogP contribution in [0.2, 0.25) is 0 Å². The van der Waals surface area contributed by atoms with Crippen molar-refractivity contribution in [3.63, 3.8) is 0 Å². The van der Waals surface area contributed by atoms with E-state index in [-0.39, 0.29) is 0 Å². The van der Waals surface area contributed by atoms with Crippen molar-refractivity contribution in [1.29, 1.82) is 0 Å². The van der Waals surface area contributed by atoms with Gasteiger partial charge in [0, 0.05) is 5.56 Å². The van der Waals surface area contributed by atoms with Gasteiger partial charge in [-0.1, -0.05) is 41.0 Å². The third-order valence-corrected chi connectivity index (χ3v) is 5.24. The number of rotatable bonds is 4. The highest BCUT2D eigenvalue weighted by atomic mass is 32.1. The first-order valence-electron chi connectivity index (χ1n) is 8.41. The molecule has 0 spiro atoms. The molecule has 0 aliphatic carbocycles. The summed E-state index contributed by atoms with van der Waals surface area (Å²) in [4.78, 5) is 13.1. The molecule has 4 N–H and O–H groups in total. The Kier molecular flexibility index (Phi) is 4.63. The third-order valence-electron chi connectivity index (χ3n) is 4.20. The van der Waals surface area contributed by atoms with Crippen molar-refractivity contribution < 1.29 is 0 Å². The molecule has 2 aromatic carbocycles. The molecule has 4 rings (SSSR count). The fraction of sp³-hybridized carbons (Fsp3) is 0.0500. The van der Waals surface area contributed by atoms with Crippen LogP contribution >= 0.6 is 11.3 Å². The van der Waals surface area contributed by atoms with Gasteiger partial charge in [-0.05, 0) is 37.3 Å². The number of aryl methyl sites for hydroxylation is 1. The average Bonchev–Trinajstić information content (AvgIpc) is 3.17. The van der Waals surface area contributed by atoms with Gasteiger partial charge in [0.1, 0.15) is 11.0 Å². The second kappa shape index (κ2) is 7.25. The van der Waals surface area contributed by atoms with Crippen molar-refractivity contribution in [2.45, 2.75) is 6.92 Å². The lowest BCUT2D eigenvalue weighted by Crippen LogP contribution is -2.26. The van der Waals surface area contributed by atoms with Crippen LogP contribution in [0.25, 0.3) is 10.3 Å². The maximum atomic E-state index is 6.33. The van der Waals surface area contributed by atoms with Crippen LogP contribution in [0.15, 0.2) is 54.9 Å². The van der Waals surface area contributed by atoms with E-state index in [0.717, 1.165) is 21.5 Å². The number of nitrogens with two attached hydrogens (primary N) is 2. The second-order valence-electron chi connectivity index (χ2n) is 6.12. The molecular formula is C20H17N7S. The molecule has 0 bridgehead atoms. The van der Waals surface area contributed by atoms with Gasteiger partial charge in [-0.25, -0.2) is 21.7 Å². The molecule has 7 nitrogen and oxygen atoms in total. The summed E-state index contributed by atoms with van der Waals surface area (Å²) in [5.41, 5.74) is 3.95. The van der Waals surface area contributed by atoms with Gasteiger partial charge in [0.25, 0.3) is 0 Å². The van der Waals surface area contributed by atoms with Gasteiger partial charge in [-0.2, -0.15) is 4.98 Å². The highest BCUT2D eigenvalue weighted by Gasteiger charge is 2.18. The second-order valence-corrected chi connectivity index (χ2v) is 7.09. The predicted molar refractivity (Wildman–Crippen MR) is 113 cm³/mol. The van der Waals surface area contributed by atoms with Crippen LogP contribution in [0.5, 0.6) is 0 Å². The number of benzene rings is 2. The largest absolute Gasteiger partial charge is 0.261 e. The Bertz CT molecular complexity index is 1180. The summed E-state index contributed by atoms with van der Waals surface area (Å²) in [5.74, 6) is 15.7. The fourth-order valence-corrected chi connectivity index (χ4v) is 3.64. The Labute approximate surface area is 166 Å². The molecule has 0 aliphatic heterocycles. The number of fused-ring (bicyclic) bond motifs is 1. The first-order chi connectivity index (χ1) is 13.6. The Morgan fingerprint density at radius 2 is 1.79 bits per heavy atom. The first-order valence-corrected chi connectivity index (χ1v) is 9.23.